The lowest BCUT2D eigenvalue weighted by Gasteiger charge is -2.22. The Morgan fingerprint density at radius 2 is 1.90 bits per heavy atom. The van der Waals surface area contributed by atoms with E-state index < -0.39 is 0 Å². The van der Waals surface area contributed by atoms with E-state index in [2.05, 4.69) is 38.5 Å². The van der Waals surface area contributed by atoms with Crippen LogP contribution in [0.3, 0.4) is 0 Å². The third kappa shape index (κ3) is 3.32. The first-order chi connectivity index (χ1) is 9.52. The second-order valence-electron chi connectivity index (χ2n) is 4.27. The molecular formula is C15H14BrIN2O. The normalized spacial score (nSPS) is 10.3. The predicted octanol–water partition coefficient (Wildman–Crippen LogP) is 4.30. The van der Waals surface area contributed by atoms with Crippen LogP contribution >= 0.6 is 38.5 Å². The van der Waals surface area contributed by atoms with Gasteiger partial charge in [0.25, 0.3) is 5.91 Å². The maximum absolute atomic E-state index is 12.7. The monoisotopic (exact) mass is 444 g/mol. The molecule has 0 aliphatic carbocycles. The summed E-state index contributed by atoms with van der Waals surface area (Å²) in [5.74, 6) is -0.0111. The topological polar surface area (TPSA) is 46.3 Å². The van der Waals surface area contributed by atoms with E-state index in [1.54, 1.807) is 17.0 Å². The number of nitrogens with two attached hydrogens (primary N) is 1. The number of carbonyl (C=O) groups is 1. The Hall–Kier alpha value is -1.08. The molecule has 0 saturated carbocycles. The van der Waals surface area contributed by atoms with E-state index in [9.17, 15) is 4.79 Å². The van der Waals surface area contributed by atoms with Crippen molar-refractivity contribution in [2.45, 2.75) is 6.92 Å². The van der Waals surface area contributed by atoms with E-state index in [-0.39, 0.29) is 5.91 Å². The number of hydrogen-bond acceptors (Lipinski definition) is 2. The number of carbonyl (C=O) groups excluding carboxylic acids is 1. The molecule has 0 bridgehead atoms. The summed E-state index contributed by atoms with van der Waals surface area (Å²) < 4.78 is 1.83. The standard InChI is InChI=1S/C15H14BrIN2O/c1-2-19(12-6-4-11(18)5-7-12)15(20)13-9-10(16)3-8-14(13)17/h3-9H,2,18H2,1H3. The minimum atomic E-state index is -0.0111. The van der Waals surface area contributed by atoms with E-state index >= 15 is 0 Å². The molecule has 0 fully saturated rings. The fourth-order valence-corrected chi connectivity index (χ4v) is 2.83. The second-order valence-corrected chi connectivity index (χ2v) is 6.34. The zero-order valence-corrected chi connectivity index (χ0v) is 14.7. The van der Waals surface area contributed by atoms with E-state index in [1.807, 2.05) is 37.3 Å². The van der Waals surface area contributed by atoms with Gasteiger partial charge >= 0.3 is 0 Å². The van der Waals surface area contributed by atoms with Gasteiger partial charge in [0, 0.05) is 26.0 Å². The van der Waals surface area contributed by atoms with Crippen LogP contribution in [0, 0.1) is 3.57 Å². The third-order valence-corrected chi connectivity index (χ3v) is 4.36. The van der Waals surface area contributed by atoms with Crippen molar-refractivity contribution in [3.05, 3.63) is 56.1 Å². The van der Waals surface area contributed by atoms with E-state index in [0.29, 0.717) is 17.8 Å². The van der Waals surface area contributed by atoms with Gasteiger partial charge in [0.15, 0.2) is 0 Å². The number of rotatable bonds is 3. The Balaban J connectivity index is 2.38. The molecule has 0 radical (unpaired) electrons. The molecule has 0 atom stereocenters. The number of nitrogens with zero attached hydrogens (tertiary/aromatic N) is 1. The van der Waals surface area contributed by atoms with Gasteiger partial charge in [-0.3, -0.25) is 4.79 Å². The quantitative estimate of drug-likeness (QED) is 0.566. The van der Waals surface area contributed by atoms with Gasteiger partial charge in [0.1, 0.15) is 0 Å². The SMILES string of the molecule is CCN(C(=O)c1cc(Br)ccc1I)c1ccc(N)cc1. The maximum atomic E-state index is 12.7. The molecule has 0 aromatic heterocycles. The van der Waals surface area contributed by atoms with Crippen molar-refractivity contribution >= 4 is 55.8 Å². The Morgan fingerprint density at radius 3 is 2.50 bits per heavy atom. The van der Waals surface area contributed by atoms with Crippen LogP contribution in [0.1, 0.15) is 17.3 Å². The number of nitrogen functional groups attached to an aromatic ring is 1. The highest BCUT2D eigenvalue weighted by molar-refractivity contribution is 14.1. The Labute approximate surface area is 140 Å². The van der Waals surface area contributed by atoms with E-state index in [4.69, 9.17) is 5.73 Å². The van der Waals surface area contributed by atoms with Gasteiger partial charge in [0.2, 0.25) is 0 Å². The summed E-state index contributed by atoms with van der Waals surface area (Å²) in [5.41, 5.74) is 7.92. The number of anilines is 2. The van der Waals surface area contributed by atoms with Crippen LogP contribution in [-0.4, -0.2) is 12.5 Å². The maximum Gasteiger partial charge on any atom is 0.259 e. The molecule has 0 unspecified atom stereocenters. The number of amides is 1. The number of halogens is 2. The Morgan fingerprint density at radius 1 is 1.25 bits per heavy atom. The van der Waals surface area contributed by atoms with Crippen LogP contribution in [0.4, 0.5) is 11.4 Å². The first kappa shape index (κ1) is 15.3. The molecule has 0 saturated heterocycles. The van der Waals surface area contributed by atoms with Crippen LogP contribution in [0.2, 0.25) is 0 Å². The van der Waals surface area contributed by atoms with Gasteiger partial charge in [-0.2, -0.15) is 0 Å². The van der Waals surface area contributed by atoms with Crippen LogP contribution in [-0.2, 0) is 0 Å². The van der Waals surface area contributed by atoms with Crippen molar-refractivity contribution < 1.29 is 4.79 Å². The zero-order valence-electron chi connectivity index (χ0n) is 10.9. The molecule has 20 heavy (non-hydrogen) atoms. The molecule has 1 amide bonds. The predicted molar refractivity (Wildman–Crippen MR) is 95.1 cm³/mol. The fourth-order valence-electron chi connectivity index (χ4n) is 1.90. The van der Waals surface area contributed by atoms with Crippen LogP contribution in [0.15, 0.2) is 46.9 Å². The van der Waals surface area contributed by atoms with Gasteiger partial charge in [-0.05, 0) is 72.0 Å². The third-order valence-electron chi connectivity index (χ3n) is 2.92. The minimum absolute atomic E-state index is 0.0111. The molecule has 104 valence electrons. The first-order valence-electron chi connectivity index (χ1n) is 6.15. The molecule has 0 heterocycles. The summed E-state index contributed by atoms with van der Waals surface area (Å²) in [6.45, 7) is 2.56. The summed E-state index contributed by atoms with van der Waals surface area (Å²) >= 11 is 5.59. The highest BCUT2D eigenvalue weighted by Crippen LogP contribution is 2.23. The molecular weight excluding hydrogens is 431 g/mol. The minimum Gasteiger partial charge on any atom is -0.399 e. The molecule has 0 aliphatic rings. The molecule has 5 heteroatoms. The summed E-state index contributed by atoms with van der Waals surface area (Å²) in [7, 11) is 0. The van der Waals surface area contributed by atoms with Crippen LogP contribution in [0.5, 0.6) is 0 Å². The second kappa shape index (κ2) is 6.58. The van der Waals surface area contributed by atoms with Gasteiger partial charge in [0.05, 0.1) is 5.56 Å². The average Bonchev–Trinajstić information content (AvgIpc) is 2.44. The fraction of sp³-hybridized carbons (Fsp3) is 0.133. The number of hydrogen-bond donors (Lipinski definition) is 1. The molecule has 2 N–H and O–H groups in total. The average molecular weight is 445 g/mol. The molecule has 2 rings (SSSR count). The molecule has 2 aromatic carbocycles. The highest BCUT2D eigenvalue weighted by Gasteiger charge is 2.18. The van der Waals surface area contributed by atoms with Crippen molar-refractivity contribution in [1.82, 2.24) is 0 Å². The van der Waals surface area contributed by atoms with Gasteiger partial charge in [-0.25, -0.2) is 0 Å². The highest BCUT2D eigenvalue weighted by atomic mass is 127. The Bertz CT molecular complexity index is 628. The smallest absolute Gasteiger partial charge is 0.259 e. The van der Waals surface area contributed by atoms with Crippen molar-refractivity contribution in [3.8, 4) is 0 Å². The van der Waals surface area contributed by atoms with Crippen LogP contribution < -0.4 is 10.6 Å². The lowest BCUT2D eigenvalue weighted by molar-refractivity contribution is 0.0987. The lowest BCUT2D eigenvalue weighted by Crippen LogP contribution is -2.31. The zero-order chi connectivity index (χ0) is 14.7. The number of benzene rings is 2. The molecule has 2 aromatic rings. The summed E-state index contributed by atoms with van der Waals surface area (Å²) in [6, 6.07) is 13.0. The molecule has 3 nitrogen and oxygen atoms in total. The Kier molecular flexibility index (Phi) is 5.04. The first-order valence-corrected chi connectivity index (χ1v) is 8.02. The largest absolute Gasteiger partial charge is 0.399 e. The van der Waals surface area contributed by atoms with E-state index in [0.717, 1.165) is 13.7 Å². The molecule has 0 spiro atoms. The van der Waals surface area contributed by atoms with Crippen molar-refractivity contribution in [1.29, 1.82) is 0 Å². The van der Waals surface area contributed by atoms with Crippen molar-refractivity contribution in [3.63, 3.8) is 0 Å². The van der Waals surface area contributed by atoms with Crippen LogP contribution in [0.25, 0.3) is 0 Å². The van der Waals surface area contributed by atoms with Gasteiger partial charge in [-0.1, -0.05) is 15.9 Å². The lowest BCUT2D eigenvalue weighted by atomic mass is 10.1. The van der Waals surface area contributed by atoms with E-state index in [1.165, 1.54) is 0 Å². The van der Waals surface area contributed by atoms with Gasteiger partial charge in [-0.15, -0.1) is 0 Å². The summed E-state index contributed by atoms with van der Waals surface area (Å²) in [5, 5.41) is 0. The molecule has 0 aliphatic heterocycles. The van der Waals surface area contributed by atoms with Crippen molar-refractivity contribution in [2.24, 2.45) is 0 Å². The van der Waals surface area contributed by atoms with Gasteiger partial charge < -0.3 is 10.6 Å². The van der Waals surface area contributed by atoms with Crippen molar-refractivity contribution in [2.75, 3.05) is 17.2 Å². The summed E-state index contributed by atoms with van der Waals surface area (Å²) in [4.78, 5) is 14.4. The summed E-state index contributed by atoms with van der Waals surface area (Å²) in [6.07, 6.45) is 0.